The van der Waals surface area contributed by atoms with Crippen LogP contribution in [0.15, 0.2) is 58.2 Å². The van der Waals surface area contributed by atoms with Crippen molar-refractivity contribution in [3.8, 4) is 0 Å². The Kier molecular flexibility index (Phi) is 4.60. The van der Waals surface area contributed by atoms with E-state index in [0.717, 1.165) is 31.5 Å². The van der Waals surface area contributed by atoms with Crippen LogP contribution in [0.3, 0.4) is 0 Å². The molecule has 4 rings (SSSR count). The summed E-state index contributed by atoms with van der Waals surface area (Å²) in [5.41, 5.74) is 3.47. The van der Waals surface area contributed by atoms with Crippen LogP contribution >= 0.6 is 11.8 Å². The molecule has 1 aromatic carbocycles. The first-order valence-electron chi connectivity index (χ1n) is 8.46. The van der Waals surface area contributed by atoms with Gasteiger partial charge in [-0.25, -0.2) is 5.01 Å². The second-order valence-corrected chi connectivity index (χ2v) is 7.48. The third-order valence-electron chi connectivity index (χ3n) is 4.82. The van der Waals surface area contributed by atoms with Gasteiger partial charge in [-0.15, -0.1) is 11.8 Å². The van der Waals surface area contributed by atoms with Gasteiger partial charge in [0.1, 0.15) is 6.17 Å². The summed E-state index contributed by atoms with van der Waals surface area (Å²) in [4.78, 5) is 4.66. The van der Waals surface area contributed by atoms with Crippen molar-refractivity contribution < 1.29 is 0 Å². The average Bonchev–Trinajstić information content (AvgIpc) is 3.13. The SMILES string of the molecule is NN1CCC(C2NC(C3=CNC(c4ccccc4)N=C3)=CS2)CC1. The fraction of sp³-hybridized carbons (Fsp3) is 0.389. The molecule has 3 aliphatic rings. The first-order chi connectivity index (χ1) is 11.8. The highest BCUT2D eigenvalue weighted by Gasteiger charge is 2.30. The summed E-state index contributed by atoms with van der Waals surface area (Å²) < 4.78 is 0. The zero-order valence-electron chi connectivity index (χ0n) is 13.6. The van der Waals surface area contributed by atoms with E-state index in [0.29, 0.717) is 11.3 Å². The van der Waals surface area contributed by atoms with Gasteiger partial charge in [-0.2, -0.15) is 0 Å². The van der Waals surface area contributed by atoms with Crippen molar-refractivity contribution in [2.24, 2.45) is 16.8 Å². The summed E-state index contributed by atoms with van der Waals surface area (Å²) in [7, 11) is 0. The zero-order valence-corrected chi connectivity index (χ0v) is 14.4. The number of nitrogens with two attached hydrogens (primary N) is 1. The van der Waals surface area contributed by atoms with E-state index < -0.39 is 0 Å². The lowest BCUT2D eigenvalue weighted by Crippen LogP contribution is -2.43. The van der Waals surface area contributed by atoms with Crippen LogP contribution in [0.5, 0.6) is 0 Å². The molecule has 3 aliphatic heterocycles. The van der Waals surface area contributed by atoms with Crippen LogP contribution in [-0.4, -0.2) is 29.7 Å². The number of nitrogens with zero attached hydrogens (tertiary/aromatic N) is 2. The molecule has 3 heterocycles. The Labute approximate surface area is 147 Å². The molecular formula is C18H23N5S. The topological polar surface area (TPSA) is 65.7 Å². The second kappa shape index (κ2) is 7.01. The largest absolute Gasteiger partial charge is 0.372 e. The van der Waals surface area contributed by atoms with Crippen LogP contribution in [0.25, 0.3) is 0 Å². The fourth-order valence-electron chi connectivity index (χ4n) is 3.33. The molecule has 1 aromatic rings. The summed E-state index contributed by atoms with van der Waals surface area (Å²) >= 11 is 1.89. The smallest absolute Gasteiger partial charge is 0.144 e. The quantitative estimate of drug-likeness (QED) is 0.737. The highest BCUT2D eigenvalue weighted by atomic mass is 32.2. The molecule has 2 atom stereocenters. The van der Waals surface area contributed by atoms with E-state index in [1.54, 1.807) is 0 Å². The van der Waals surface area contributed by atoms with Crippen LogP contribution in [0.4, 0.5) is 0 Å². The third-order valence-corrected chi connectivity index (χ3v) is 5.99. The summed E-state index contributed by atoms with van der Waals surface area (Å²) in [6.45, 7) is 1.98. The van der Waals surface area contributed by atoms with Crippen molar-refractivity contribution in [3.63, 3.8) is 0 Å². The number of piperidine rings is 1. The predicted molar refractivity (Wildman–Crippen MR) is 100.0 cm³/mol. The first-order valence-corrected chi connectivity index (χ1v) is 9.40. The summed E-state index contributed by atoms with van der Waals surface area (Å²) in [5, 5.41) is 11.7. The molecule has 0 aromatic heterocycles. The van der Waals surface area contributed by atoms with Crippen LogP contribution < -0.4 is 16.5 Å². The van der Waals surface area contributed by atoms with E-state index in [1.165, 1.54) is 11.3 Å². The molecule has 0 bridgehead atoms. The van der Waals surface area contributed by atoms with Gasteiger partial charge in [0.15, 0.2) is 0 Å². The van der Waals surface area contributed by atoms with Crippen LogP contribution in [0.1, 0.15) is 24.6 Å². The number of benzene rings is 1. The number of hydrogen-bond donors (Lipinski definition) is 3. The Balaban J connectivity index is 1.35. The van der Waals surface area contributed by atoms with Crippen molar-refractivity contribution in [2.45, 2.75) is 24.4 Å². The second-order valence-electron chi connectivity index (χ2n) is 6.46. The number of allylic oxidation sites excluding steroid dienone is 1. The maximum atomic E-state index is 5.86. The molecule has 6 heteroatoms. The number of rotatable bonds is 3. The lowest BCUT2D eigenvalue weighted by atomic mass is 9.97. The van der Waals surface area contributed by atoms with Gasteiger partial charge >= 0.3 is 0 Å². The molecular weight excluding hydrogens is 318 g/mol. The standard InChI is InChI=1S/C18H23N5S/c19-23-8-6-14(7-9-23)18-22-16(12-24-18)15-10-20-17(21-11-15)13-4-2-1-3-5-13/h1-5,10-12,14,17-18,20,22H,6-9,19H2. The van der Waals surface area contributed by atoms with Gasteiger partial charge in [0.05, 0.1) is 11.1 Å². The van der Waals surface area contributed by atoms with E-state index in [4.69, 9.17) is 5.84 Å². The van der Waals surface area contributed by atoms with Gasteiger partial charge in [0, 0.05) is 31.1 Å². The van der Waals surface area contributed by atoms with Gasteiger partial charge in [-0.1, -0.05) is 30.3 Å². The molecule has 5 nitrogen and oxygen atoms in total. The zero-order chi connectivity index (χ0) is 16.4. The Morgan fingerprint density at radius 1 is 1.17 bits per heavy atom. The Hall–Kier alpha value is -1.76. The van der Waals surface area contributed by atoms with Gasteiger partial charge < -0.3 is 10.6 Å². The number of nitrogens with one attached hydrogen (secondary N) is 2. The van der Waals surface area contributed by atoms with Gasteiger partial charge in [-0.3, -0.25) is 10.8 Å². The van der Waals surface area contributed by atoms with E-state index in [9.17, 15) is 0 Å². The molecule has 24 heavy (non-hydrogen) atoms. The van der Waals surface area contributed by atoms with Crippen molar-refractivity contribution in [1.29, 1.82) is 0 Å². The van der Waals surface area contributed by atoms with Gasteiger partial charge in [-0.05, 0) is 29.7 Å². The molecule has 0 amide bonds. The molecule has 1 saturated heterocycles. The molecule has 1 fully saturated rings. The lowest BCUT2D eigenvalue weighted by molar-refractivity contribution is 0.182. The Morgan fingerprint density at radius 3 is 2.67 bits per heavy atom. The van der Waals surface area contributed by atoms with Crippen molar-refractivity contribution in [1.82, 2.24) is 15.6 Å². The Bertz CT molecular complexity index is 661. The molecule has 0 radical (unpaired) electrons. The summed E-state index contributed by atoms with van der Waals surface area (Å²) in [5.74, 6) is 6.53. The number of thioether (sulfide) groups is 1. The van der Waals surface area contributed by atoms with Gasteiger partial charge in [0.25, 0.3) is 0 Å². The minimum Gasteiger partial charge on any atom is -0.372 e. The molecule has 0 aliphatic carbocycles. The molecule has 126 valence electrons. The normalized spacial score (nSPS) is 28.0. The first kappa shape index (κ1) is 15.7. The van der Waals surface area contributed by atoms with Crippen LogP contribution in [0.2, 0.25) is 0 Å². The summed E-state index contributed by atoms with van der Waals surface area (Å²) in [6.07, 6.45) is 6.36. The maximum absolute atomic E-state index is 5.86. The minimum absolute atomic E-state index is 0.00860. The predicted octanol–water partition coefficient (Wildman–Crippen LogP) is 2.33. The van der Waals surface area contributed by atoms with Crippen molar-refractivity contribution in [3.05, 3.63) is 58.8 Å². The fourth-order valence-corrected chi connectivity index (χ4v) is 4.51. The van der Waals surface area contributed by atoms with Crippen LogP contribution in [0, 0.1) is 5.92 Å². The minimum atomic E-state index is 0.00860. The molecule has 0 saturated carbocycles. The number of hydrogen-bond acceptors (Lipinski definition) is 6. The lowest BCUT2D eigenvalue weighted by Gasteiger charge is -2.32. The molecule has 0 spiro atoms. The number of aliphatic imine (C=N–C) groups is 1. The third kappa shape index (κ3) is 3.36. The summed E-state index contributed by atoms with van der Waals surface area (Å²) in [6, 6.07) is 10.3. The average molecular weight is 341 g/mol. The molecule has 4 N–H and O–H groups in total. The Morgan fingerprint density at radius 2 is 1.96 bits per heavy atom. The maximum Gasteiger partial charge on any atom is 0.144 e. The highest BCUT2D eigenvalue weighted by Crippen LogP contribution is 2.34. The number of hydrazine groups is 1. The van der Waals surface area contributed by atoms with Crippen molar-refractivity contribution >= 4 is 18.0 Å². The van der Waals surface area contributed by atoms with Crippen molar-refractivity contribution in [2.75, 3.05) is 13.1 Å². The van der Waals surface area contributed by atoms with Gasteiger partial charge in [0.2, 0.25) is 0 Å². The van der Waals surface area contributed by atoms with E-state index in [1.807, 2.05) is 41.2 Å². The molecule has 2 unspecified atom stereocenters. The van der Waals surface area contributed by atoms with E-state index in [-0.39, 0.29) is 6.17 Å². The van der Waals surface area contributed by atoms with E-state index in [2.05, 4.69) is 39.4 Å². The highest BCUT2D eigenvalue weighted by molar-refractivity contribution is 8.03. The van der Waals surface area contributed by atoms with E-state index >= 15 is 0 Å². The van der Waals surface area contributed by atoms with Crippen LogP contribution in [-0.2, 0) is 0 Å². The monoisotopic (exact) mass is 341 g/mol.